The number of ether oxygens (including phenoxy) is 3. The lowest BCUT2D eigenvalue weighted by atomic mass is 10.3. The standard InChI is InChI=1S/C9H9I3O3/c1-13-7-4(10)8(14-2)6(12)9(15-3)5(7)11/h1-3H3. The number of rotatable bonds is 3. The van der Waals surface area contributed by atoms with Gasteiger partial charge in [-0.2, -0.15) is 0 Å². The van der Waals surface area contributed by atoms with Crippen molar-refractivity contribution < 1.29 is 14.2 Å². The summed E-state index contributed by atoms with van der Waals surface area (Å²) in [6, 6.07) is 0. The van der Waals surface area contributed by atoms with Crippen LogP contribution in [0.15, 0.2) is 0 Å². The number of hydrogen-bond acceptors (Lipinski definition) is 3. The van der Waals surface area contributed by atoms with Crippen molar-refractivity contribution in [2.75, 3.05) is 21.3 Å². The molecule has 0 amide bonds. The highest BCUT2D eigenvalue weighted by Gasteiger charge is 2.21. The predicted octanol–water partition coefficient (Wildman–Crippen LogP) is 3.53. The lowest BCUT2D eigenvalue weighted by molar-refractivity contribution is 0.363. The van der Waals surface area contributed by atoms with Crippen molar-refractivity contribution in [1.29, 1.82) is 0 Å². The van der Waals surface area contributed by atoms with Crippen LogP contribution in [0.3, 0.4) is 0 Å². The van der Waals surface area contributed by atoms with Gasteiger partial charge < -0.3 is 14.2 Å². The fourth-order valence-corrected chi connectivity index (χ4v) is 5.62. The zero-order valence-electron chi connectivity index (χ0n) is 8.36. The van der Waals surface area contributed by atoms with Gasteiger partial charge in [0.15, 0.2) is 17.2 Å². The molecule has 6 heteroatoms. The van der Waals surface area contributed by atoms with E-state index in [0.717, 1.165) is 28.0 Å². The summed E-state index contributed by atoms with van der Waals surface area (Å²) in [7, 11) is 4.93. The van der Waals surface area contributed by atoms with Crippen molar-refractivity contribution in [2.45, 2.75) is 0 Å². The molecule has 15 heavy (non-hydrogen) atoms. The highest BCUT2D eigenvalue weighted by molar-refractivity contribution is 14.1. The van der Waals surface area contributed by atoms with E-state index in [2.05, 4.69) is 67.8 Å². The van der Waals surface area contributed by atoms with E-state index in [0.29, 0.717) is 0 Å². The molecular weight excluding hydrogens is 537 g/mol. The van der Waals surface area contributed by atoms with Gasteiger partial charge in [-0.05, 0) is 67.8 Å². The smallest absolute Gasteiger partial charge is 0.153 e. The molecule has 1 rings (SSSR count). The molecule has 0 aliphatic carbocycles. The largest absolute Gasteiger partial charge is 0.494 e. The highest BCUT2D eigenvalue weighted by Crippen LogP contribution is 2.44. The van der Waals surface area contributed by atoms with Crippen LogP contribution in [0.1, 0.15) is 0 Å². The molecule has 0 fully saturated rings. The van der Waals surface area contributed by atoms with E-state index >= 15 is 0 Å². The maximum atomic E-state index is 5.34. The first kappa shape index (κ1) is 13.9. The minimum atomic E-state index is 0.797. The Morgan fingerprint density at radius 1 is 0.600 bits per heavy atom. The van der Waals surface area contributed by atoms with Gasteiger partial charge in [0, 0.05) is 0 Å². The van der Waals surface area contributed by atoms with Gasteiger partial charge in [0.1, 0.15) is 0 Å². The zero-order valence-corrected chi connectivity index (χ0v) is 14.8. The van der Waals surface area contributed by atoms with Crippen LogP contribution in [0, 0.1) is 10.7 Å². The Hall–Kier alpha value is 0.810. The van der Waals surface area contributed by atoms with Gasteiger partial charge in [0.2, 0.25) is 0 Å². The summed E-state index contributed by atoms with van der Waals surface area (Å²) in [6.07, 6.45) is 0. The van der Waals surface area contributed by atoms with Crippen LogP contribution in [0.25, 0.3) is 0 Å². The average Bonchev–Trinajstić information content (AvgIpc) is 2.19. The van der Waals surface area contributed by atoms with Gasteiger partial charge in [-0.15, -0.1) is 0 Å². The Balaban J connectivity index is 3.57. The monoisotopic (exact) mass is 546 g/mol. The molecule has 0 atom stereocenters. The molecule has 0 spiro atoms. The molecule has 3 nitrogen and oxygen atoms in total. The van der Waals surface area contributed by atoms with Crippen LogP contribution in [0.4, 0.5) is 0 Å². The van der Waals surface area contributed by atoms with E-state index in [4.69, 9.17) is 14.2 Å². The van der Waals surface area contributed by atoms with E-state index in [1.54, 1.807) is 21.3 Å². The topological polar surface area (TPSA) is 27.7 Å². The summed E-state index contributed by atoms with van der Waals surface area (Å²) in [6.45, 7) is 0. The molecule has 0 aliphatic heterocycles. The molecule has 1 aromatic carbocycles. The number of hydrogen-bond donors (Lipinski definition) is 0. The fourth-order valence-electron chi connectivity index (χ4n) is 1.14. The molecule has 0 aliphatic rings. The molecule has 0 bridgehead atoms. The summed E-state index contributed by atoms with van der Waals surface area (Å²) in [5.41, 5.74) is 0. The zero-order chi connectivity index (χ0) is 11.6. The molecule has 0 radical (unpaired) electrons. The Kier molecular flexibility index (Phi) is 5.49. The first-order valence-corrected chi connectivity index (χ1v) is 7.14. The molecule has 0 saturated carbocycles. The molecule has 84 valence electrons. The van der Waals surface area contributed by atoms with Crippen LogP contribution in [-0.4, -0.2) is 21.3 Å². The van der Waals surface area contributed by atoms with Gasteiger partial charge in [0.05, 0.1) is 32.0 Å². The summed E-state index contributed by atoms with van der Waals surface area (Å²) >= 11 is 6.63. The summed E-state index contributed by atoms with van der Waals surface area (Å²) in [4.78, 5) is 0. The van der Waals surface area contributed by atoms with E-state index in [-0.39, 0.29) is 0 Å². The molecule has 0 saturated heterocycles. The third-order valence-electron chi connectivity index (χ3n) is 1.81. The Morgan fingerprint density at radius 3 is 0.933 bits per heavy atom. The Labute approximate surface area is 130 Å². The van der Waals surface area contributed by atoms with Crippen LogP contribution >= 0.6 is 67.8 Å². The third-order valence-corrected chi connectivity index (χ3v) is 4.75. The van der Waals surface area contributed by atoms with E-state index < -0.39 is 0 Å². The first-order valence-electron chi connectivity index (χ1n) is 3.90. The van der Waals surface area contributed by atoms with Crippen molar-refractivity contribution in [3.8, 4) is 17.2 Å². The highest BCUT2D eigenvalue weighted by atomic mass is 127. The second kappa shape index (κ2) is 5.94. The molecular formula is C9H9I3O3. The van der Waals surface area contributed by atoms with Gasteiger partial charge in [-0.1, -0.05) is 0 Å². The molecule has 0 unspecified atom stereocenters. The van der Waals surface area contributed by atoms with Gasteiger partial charge >= 0.3 is 0 Å². The number of methoxy groups -OCH3 is 3. The molecule has 0 heterocycles. The lowest BCUT2D eigenvalue weighted by Gasteiger charge is -2.16. The molecule has 0 N–H and O–H groups in total. The minimum absolute atomic E-state index is 0.797. The summed E-state index contributed by atoms with van der Waals surface area (Å²) in [5, 5.41) is 0. The molecule has 0 aromatic heterocycles. The molecule has 1 aromatic rings. The lowest BCUT2D eigenvalue weighted by Crippen LogP contribution is -2.01. The van der Waals surface area contributed by atoms with Crippen molar-refractivity contribution in [2.24, 2.45) is 0 Å². The van der Waals surface area contributed by atoms with Gasteiger partial charge in [0.25, 0.3) is 0 Å². The average molecular weight is 546 g/mol. The third kappa shape index (κ3) is 2.56. The van der Waals surface area contributed by atoms with E-state index in [9.17, 15) is 0 Å². The van der Waals surface area contributed by atoms with Crippen molar-refractivity contribution in [3.63, 3.8) is 0 Å². The number of halogens is 3. The van der Waals surface area contributed by atoms with Crippen molar-refractivity contribution in [3.05, 3.63) is 10.7 Å². The Bertz CT molecular complexity index is 301. The first-order chi connectivity index (χ1) is 7.08. The maximum Gasteiger partial charge on any atom is 0.153 e. The predicted molar refractivity (Wildman–Crippen MR) is 84.2 cm³/mol. The van der Waals surface area contributed by atoms with Crippen molar-refractivity contribution in [1.82, 2.24) is 0 Å². The second-order valence-electron chi connectivity index (χ2n) is 2.54. The quantitative estimate of drug-likeness (QED) is 0.544. The van der Waals surface area contributed by atoms with E-state index in [1.165, 1.54) is 0 Å². The second-order valence-corrected chi connectivity index (χ2v) is 5.78. The SMILES string of the molecule is COc1c(I)c(OC)c(I)c(OC)c1I. The van der Waals surface area contributed by atoms with Gasteiger partial charge in [-0.3, -0.25) is 0 Å². The maximum absolute atomic E-state index is 5.34. The Morgan fingerprint density at radius 2 is 0.800 bits per heavy atom. The van der Waals surface area contributed by atoms with Crippen molar-refractivity contribution >= 4 is 67.8 Å². The van der Waals surface area contributed by atoms with E-state index in [1.807, 2.05) is 0 Å². The van der Waals surface area contributed by atoms with Crippen LogP contribution in [0.5, 0.6) is 17.2 Å². The fraction of sp³-hybridized carbons (Fsp3) is 0.333. The summed E-state index contributed by atoms with van der Waals surface area (Å²) < 4.78 is 18.9. The van der Waals surface area contributed by atoms with Crippen LogP contribution in [0.2, 0.25) is 0 Å². The minimum Gasteiger partial charge on any atom is -0.494 e. The van der Waals surface area contributed by atoms with Crippen LogP contribution < -0.4 is 14.2 Å². The van der Waals surface area contributed by atoms with Gasteiger partial charge in [-0.25, -0.2) is 0 Å². The number of benzene rings is 1. The summed E-state index contributed by atoms with van der Waals surface area (Å²) in [5.74, 6) is 2.39. The van der Waals surface area contributed by atoms with Crippen LogP contribution in [-0.2, 0) is 0 Å². The normalized spacial score (nSPS) is 10.0.